The number of aromatic carboxylic acids is 1. The summed E-state index contributed by atoms with van der Waals surface area (Å²) in [4.78, 5) is 10.5. The van der Waals surface area contributed by atoms with E-state index in [1.165, 1.54) is 36.4 Å². The molecule has 0 bridgehead atoms. The van der Waals surface area contributed by atoms with Gasteiger partial charge < -0.3 is 14.6 Å². The van der Waals surface area contributed by atoms with Crippen LogP contribution in [0.4, 0.5) is 18.9 Å². The molecule has 33 heavy (non-hydrogen) atoms. The van der Waals surface area contributed by atoms with Crippen molar-refractivity contribution in [1.29, 1.82) is 0 Å². The van der Waals surface area contributed by atoms with Gasteiger partial charge in [-0.25, -0.2) is 13.2 Å². The van der Waals surface area contributed by atoms with Gasteiger partial charge in [0.05, 0.1) is 21.7 Å². The molecule has 174 valence electrons. The maximum atomic E-state index is 12.7. The molecule has 0 saturated heterocycles. The van der Waals surface area contributed by atoms with Crippen LogP contribution in [0.5, 0.6) is 11.5 Å². The van der Waals surface area contributed by atoms with Crippen molar-refractivity contribution in [3.63, 3.8) is 0 Å². The van der Waals surface area contributed by atoms with Gasteiger partial charge in [-0.3, -0.25) is 4.72 Å². The second-order valence-electron chi connectivity index (χ2n) is 6.65. The molecule has 0 spiro atoms. The van der Waals surface area contributed by atoms with Crippen LogP contribution in [0.2, 0.25) is 0 Å². The molecule has 11 heteroatoms. The molecular formula is C22H18F3NO6S. The van der Waals surface area contributed by atoms with Gasteiger partial charge in [-0.2, -0.15) is 13.2 Å². The molecule has 0 aliphatic heterocycles. The zero-order chi connectivity index (χ0) is 24.1. The van der Waals surface area contributed by atoms with Crippen molar-refractivity contribution in [3.8, 4) is 11.5 Å². The van der Waals surface area contributed by atoms with E-state index in [-0.39, 0.29) is 35.1 Å². The third kappa shape index (κ3) is 6.39. The second-order valence-corrected chi connectivity index (χ2v) is 8.33. The van der Waals surface area contributed by atoms with Crippen LogP contribution in [0.3, 0.4) is 0 Å². The number of carboxylic acid groups (broad SMARTS) is 1. The van der Waals surface area contributed by atoms with Crippen LogP contribution in [0.1, 0.15) is 15.9 Å². The van der Waals surface area contributed by atoms with Crippen molar-refractivity contribution in [2.75, 3.05) is 17.9 Å². The number of benzene rings is 3. The first-order chi connectivity index (χ1) is 15.6. The Morgan fingerprint density at radius 2 is 1.48 bits per heavy atom. The largest absolute Gasteiger partial charge is 0.490 e. The molecule has 0 aromatic heterocycles. The summed E-state index contributed by atoms with van der Waals surface area (Å²) >= 11 is 0. The van der Waals surface area contributed by atoms with Crippen LogP contribution < -0.4 is 14.2 Å². The van der Waals surface area contributed by atoms with E-state index in [9.17, 15) is 26.4 Å². The van der Waals surface area contributed by atoms with Gasteiger partial charge in [0, 0.05) is 0 Å². The number of nitrogens with one attached hydrogen (secondary N) is 1. The lowest BCUT2D eigenvalue weighted by molar-refractivity contribution is -0.137. The monoisotopic (exact) mass is 481 g/mol. The average molecular weight is 481 g/mol. The maximum absolute atomic E-state index is 12.7. The third-order valence-corrected chi connectivity index (χ3v) is 5.72. The van der Waals surface area contributed by atoms with Crippen molar-refractivity contribution in [2.24, 2.45) is 0 Å². The van der Waals surface area contributed by atoms with Crippen LogP contribution in [-0.4, -0.2) is 32.7 Å². The Morgan fingerprint density at radius 1 is 0.879 bits per heavy atom. The SMILES string of the molecule is O=C(O)c1ccc(OCCOc2ccccc2NS(=O)(=O)c2ccc(C(F)(F)F)cc2)cc1. The number of para-hydroxylation sites is 2. The number of carbonyl (C=O) groups is 1. The molecule has 0 fully saturated rings. The average Bonchev–Trinajstić information content (AvgIpc) is 2.77. The van der Waals surface area contributed by atoms with Gasteiger partial charge in [0.15, 0.2) is 0 Å². The predicted octanol–water partition coefficient (Wildman–Crippen LogP) is 4.66. The fourth-order valence-electron chi connectivity index (χ4n) is 2.71. The van der Waals surface area contributed by atoms with Crippen molar-refractivity contribution in [2.45, 2.75) is 11.1 Å². The van der Waals surface area contributed by atoms with Crippen molar-refractivity contribution in [3.05, 3.63) is 83.9 Å². The fourth-order valence-corrected chi connectivity index (χ4v) is 3.78. The Balaban J connectivity index is 1.62. The molecule has 3 aromatic rings. The molecule has 0 saturated carbocycles. The van der Waals surface area contributed by atoms with Gasteiger partial charge in [0.2, 0.25) is 0 Å². The lowest BCUT2D eigenvalue weighted by Gasteiger charge is -2.14. The van der Waals surface area contributed by atoms with Crippen LogP contribution >= 0.6 is 0 Å². The molecule has 0 aliphatic carbocycles. The Labute approximate surface area is 187 Å². The quantitative estimate of drug-likeness (QED) is 0.431. The standard InChI is InChI=1S/C22H18F3NO6S/c23-22(24,25)16-7-11-18(12-8-16)33(29,30)26-19-3-1-2-4-20(19)32-14-13-31-17-9-5-15(6-10-17)21(27)28/h1-12,26H,13-14H2,(H,27,28). The number of alkyl halides is 3. The van der Waals surface area contributed by atoms with Gasteiger partial charge in [-0.1, -0.05) is 12.1 Å². The number of anilines is 1. The summed E-state index contributed by atoms with van der Waals surface area (Å²) in [6, 6.07) is 15.1. The summed E-state index contributed by atoms with van der Waals surface area (Å²) in [5, 5.41) is 8.88. The molecule has 0 radical (unpaired) electrons. The van der Waals surface area contributed by atoms with E-state index in [2.05, 4.69) is 4.72 Å². The highest BCUT2D eigenvalue weighted by Gasteiger charge is 2.30. The normalized spacial score (nSPS) is 11.6. The predicted molar refractivity (Wildman–Crippen MR) is 113 cm³/mol. The lowest BCUT2D eigenvalue weighted by Crippen LogP contribution is -2.15. The molecule has 7 nitrogen and oxygen atoms in total. The van der Waals surface area contributed by atoms with Crippen LogP contribution in [0.25, 0.3) is 0 Å². The Bertz CT molecular complexity index is 1210. The summed E-state index contributed by atoms with van der Waals surface area (Å²) in [6.07, 6.45) is -4.57. The zero-order valence-electron chi connectivity index (χ0n) is 16.9. The smallest absolute Gasteiger partial charge is 0.416 e. The summed E-state index contributed by atoms with van der Waals surface area (Å²) in [7, 11) is -4.16. The molecule has 0 heterocycles. The lowest BCUT2D eigenvalue weighted by atomic mass is 10.2. The zero-order valence-corrected chi connectivity index (χ0v) is 17.7. The molecule has 0 amide bonds. The third-order valence-electron chi connectivity index (χ3n) is 4.33. The number of hydrogen-bond donors (Lipinski definition) is 2. The minimum absolute atomic E-state index is 0.0414. The number of hydrogen-bond acceptors (Lipinski definition) is 5. The Hall–Kier alpha value is -3.73. The minimum atomic E-state index is -4.57. The summed E-state index contributed by atoms with van der Waals surface area (Å²) in [6.45, 7) is 0.131. The van der Waals surface area contributed by atoms with Crippen molar-refractivity contribution >= 4 is 21.7 Å². The number of carboxylic acids is 1. The van der Waals surface area contributed by atoms with E-state index < -0.39 is 27.7 Å². The van der Waals surface area contributed by atoms with E-state index in [4.69, 9.17) is 14.6 Å². The minimum Gasteiger partial charge on any atom is -0.490 e. The van der Waals surface area contributed by atoms with Gasteiger partial charge in [0.25, 0.3) is 10.0 Å². The topological polar surface area (TPSA) is 102 Å². The highest BCUT2D eigenvalue weighted by atomic mass is 32.2. The van der Waals surface area contributed by atoms with Gasteiger partial charge in [-0.05, 0) is 60.7 Å². The number of halogens is 3. The molecular weight excluding hydrogens is 463 g/mol. The summed E-state index contributed by atoms with van der Waals surface area (Å²) in [5.41, 5.74) is -0.737. The van der Waals surface area contributed by atoms with E-state index in [1.54, 1.807) is 12.1 Å². The van der Waals surface area contributed by atoms with Gasteiger partial charge >= 0.3 is 12.1 Å². The highest BCUT2D eigenvalue weighted by molar-refractivity contribution is 7.92. The number of ether oxygens (including phenoxy) is 2. The van der Waals surface area contributed by atoms with E-state index in [0.717, 1.165) is 12.1 Å². The highest BCUT2D eigenvalue weighted by Crippen LogP contribution is 2.31. The van der Waals surface area contributed by atoms with Gasteiger partial charge in [0.1, 0.15) is 24.7 Å². The molecule has 0 atom stereocenters. The molecule has 0 aliphatic rings. The van der Waals surface area contributed by atoms with Crippen LogP contribution in [-0.2, 0) is 16.2 Å². The van der Waals surface area contributed by atoms with Gasteiger partial charge in [-0.15, -0.1) is 0 Å². The maximum Gasteiger partial charge on any atom is 0.416 e. The Kier molecular flexibility index (Phi) is 7.12. The first-order valence-electron chi connectivity index (χ1n) is 9.44. The summed E-state index contributed by atoms with van der Waals surface area (Å²) in [5.74, 6) is -0.432. The van der Waals surface area contributed by atoms with E-state index >= 15 is 0 Å². The first kappa shape index (κ1) is 23.9. The van der Waals surface area contributed by atoms with Crippen molar-refractivity contribution < 1.29 is 41.0 Å². The fraction of sp³-hybridized carbons (Fsp3) is 0.136. The summed E-state index contributed by atoms with van der Waals surface area (Å²) < 4.78 is 76.6. The van der Waals surface area contributed by atoms with Crippen LogP contribution in [0, 0.1) is 0 Å². The number of sulfonamides is 1. The second kappa shape index (κ2) is 9.82. The molecule has 3 aromatic carbocycles. The van der Waals surface area contributed by atoms with E-state index in [1.807, 2.05) is 0 Å². The molecule has 0 unspecified atom stereocenters. The first-order valence-corrected chi connectivity index (χ1v) is 10.9. The van der Waals surface area contributed by atoms with E-state index in [0.29, 0.717) is 17.9 Å². The molecule has 2 N–H and O–H groups in total. The Morgan fingerprint density at radius 3 is 2.09 bits per heavy atom. The van der Waals surface area contributed by atoms with Crippen LogP contribution in [0.15, 0.2) is 77.7 Å². The van der Waals surface area contributed by atoms with Crippen molar-refractivity contribution in [1.82, 2.24) is 0 Å². The molecule has 3 rings (SSSR count). The number of rotatable bonds is 9.